The minimum absolute atomic E-state index is 0.0940. The van der Waals surface area contributed by atoms with E-state index in [4.69, 9.17) is 16.3 Å². The highest BCUT2D eigenvalue weighted by Gasteiger charge is 2.41. The molecule has 0 aliphatic carbocycles. The first-order valence-corrected chi connectivity index (χ1v) is 12.1. The molecule has 4 rings (SSSR count). The van der Waals surface area contributed by atoms with E-state index in [1.54, 1.807) is 18.2 Å². The minimum Gasteiger partial charge on any atom is -0.444 e. The van der Waals surface area contributed by atoms with Gasteiger partial charge in [-0.2, -0.15) is 13.2 Å². The average Bonchev–Trinajstić information content (AvgIpc) is 2.95. The molecule has 1 heterocycles. The first-order valence-electron chi connectivity index (χ1n) is 11.7. The summed E-state index contributed by atoms with van der Waals surface area (Å²) in [5.41, 5.74) is -5.29. The summed E-state index contributed by atoms with van der Waals surface area (Å²) in [5, 5.41) is 2.37. The van der Waals surface area contributed by atoms with Crippen LogP contribution in [0.4, 0.5) is 44.3 Å². The zero-order chi connectivity index (χ0) is 30.8. The number of aromatic nitrogens is 1. The van der Waals surface area contributed by atoms with Crippen molar-refractivity contribution in [3.8, 4) is 0 Å². The Bertz CT molecular complexity index is 1590. The molecular weight excluding hydrogens is 603 g/mol. The number of amides is 1. The highest BCUT2D eigenvalue weighted by molar-refractivity contribution is 6.30. The number of carbonyl (C=O) groups excluding carboxylic acids is 1. The first kappa shape index (κ1) is 30.7. The maximum Gasteiger partial charge on any atom is 0.416 e. The van der Waals surface area contributed by atoms with Gasteiger partial charge in [0.2, 0.25) is 5.82 Å². The molecule has 220 valence electrons. The van der Waals surface area contributed by atoms with Crippen molar-refractivity contribution in [1.82, 2.24) is 10.3 Å². The van der Waals surface area contributed by atoms with Gasteiger partial charge in [0.25, 0.3) is 0 Å². The van der Waals surface area contributed by atoms with Crippen molar-refractivity contribution in [2.24, 2.45) is 0 Å². The van der Waals surface area contributed by atoms with Gasteiger partial charge in [-0.05, 0) is 41.5 Å². The van der Waals surface area contributed by atoms with Gasteiger partial charge in [0, 0.05) is 12.6 Å². The number of halogens is 10. The first-order chi connectivity index (χ1) is 19.7. The van der Waals surface area contributed by atoms with Crippen LogP contribution in [-0.4, -0.2) is 11.1 Å². The summed E-state index contributed by atoms with van der Waals surface area (Å²) in [6.45, 7) is -1.47. The monoisotopic (exact) mass is 618 g/mol. The van der Waals surface area contributed by atoms with Gasteiger partial charge in [-0.3, -0.25) is 4.98 Å². The van der Waals surface area contributed by atoms with E-state index < -0.39 is 76.0 Å². The Morgan fingerprint density at radius 3 is 1.98 bits per heavy atom. The van der Waals surface area contributed by atoms with Crippen molar-refractivity contribution in [3.63, 3.8) is 0 Å². The summed E-state index contributed by atoms with van der Waals surface area (Å²) in [6, 6.07) is 11.9. The van der Waals surface area contributed by atoms with Crippen molar-refractivity contribution in [3.05, 3.63) is 135 Å². The SMILES string of the molecule is O=C(N[C@@](Cc1ccccc1)(c1cc(F)cc(C(F)(F)F)c1)c1ccc(Cl)cn1)OCc1c(F)c(F)c(F)c(F)c1F. The lowest BCUT2D eigenvalue weighted by Gasteiger charge is -2.35. The largest absolute Gasteiger partial charge is 0.444 e. The molecule has 0 saturated carbocycles. The van der Waals surface area contributed by atoms with Crippen molar-refractivity contribution in [2.75, 3.05) is 0 Å². The number of rotatable bonds is 7. The molecule has 4 aromatic rings. The Labute approximate surface area is 236 Å². The zero-order valence-electron chi connectivity index (χ0n) is 20.8. The summed E-state index contributed by atoms with van der Waals surface area (Å²) in [6.07, 6.45) is -5.87. The quantitative estimate of drug-likeness (QED) is 0.130. The second-order valence-electron chi connectivity index (χ2n) is 8.91. The van der Waals surface area contributed by atoms with Crippen LogP contribution in [0.3, 0.4) is 0 Å². The van der Waals surface area contributed by atoms with E-state index in [0.717, 1.165) is 6.20 Å². The summed E-state index contributed by atoms with van der Waals surface area (Å²) < 4.78 is 129. The Morgan fingerprint density at radius 2 is 1.40 bits per heavy atom. The van der Waals surface area contributed by atoms with Crippen molar-refractivity contribution >= 4 is 17.7 Å². The Balaban J connectivity index is 1.85. The summed E-state index contributed by atoms with van der Waals surface area (Å²) in [7, 11) is 0. The number of hydrogen-bond acceptors (Lipinski definition) is 3. The van der Waals surface area contributed by atoms with Crippen LogP contribution in [0, 0.1) is 34.9 Å². The smallest absolute Gasteiger partial charge is 0.416 e. The molecule has 0 spiro atoms. The molecule has 1 aromatic heterocycles. The molecule has 1 atom stereocenters. The lowest BCUT2D eigenvalue weighted by atomic mass is 9.80. The van der Waals surface area contributed by atoms with E-state index in [1.807, 2.05) is 0 Å². The maximum absolute atomic E-state index is 14.6. The van der Waals surface area contributed by atoms with E-state index in [2.05, 4.69) is 10.3 Å². The lowest BCUT2D eigenvalue weighted by Crippen LogP contribution is -2.49. The second-order valence-corrected chi connectivity index (χ2v) is 9.34. The molecule has 1 N–H and O–H groups in total. The standard InChI is InChI=1S/C28H16ClF9N2O2/c29-17-6-7-20(39-12-17)27(11-14-4-2-1-3-5-14,15-8-16(28(36,37)38)10-18(30)9-15)40-26(41)42-13-19-21(31)23(33)25(35)24(34)22(19)32/h1-10,12H,11,13H2,(H,40,41)/t27-/m0/s1. The third-order valence-corrected chi connectivity index (χ3v) is 6.38. The molecular formula is C28H16ClF9N2O2. The number of pyridine rings is 1. The number of benzene rings is 3. The Hall–Kier alpha value is -4.26. The third-order valence-electron chi connectivity index (χ3n) is 6.16. The van der Waals surface area contributed by atoms with Gasteiger partial charge in [0.15, 0.2) is 23.3 Å². The van der Waals surface area contributed by atoms with Crippen molar-refractivity contribution in [2.45, 2.75) is 24.7 Å². The van der Waals surface area contributed by atoms with E-state index >= 15 is 0 Å². The van der Waals surface area contributed by atoms with Gasteiger partial charge >= 0.3 is 12.3 Å². The van der Waals surface area contributed by atoms with Crippen LogP contribution in [0.1, 0.15) is 27.9 Å². The molecule has 42 heavy (non-hydrogen) atoms. The minimum atomic E-state index is -5.02. The number of hydrogen-bond donors (Lipinski definition) is 1. The average molecular weight is 619 g/mol. The van der Waals surface area contributed by atoms with Crippen molar-refractivity contribution in [1.29, 1.82) is 0 Å². The number of alkyl halides is 3. The fourth-order valence-corrected chi connectivity index (χ4v) is 4.29. The molecule has 0 radical (unpaired) electrons. The third kappa shape index (κ3) is 6.30. The predicted molar refractivity (Wildman–Crippen MR) is 131 cm³/mol. The Kier molecular flexibility index (Phi) is 8.71. The highest BCUT2D eigenvalue weighted by Crippen LogP contribution is 2.38. The van der Waals surface area contributed by atoms with Crippen LogP contribution in [-0.2, 0) is 29.5 Å². The summed E-state index contributed by atoms with van der Waals surface area (Å²) >= 11 is 5.93. The molecule has 1 amide bonds. The highest BCUT2D eigenvalue weighted by atomic mass is 35.5. The molecule has 0 bridgehead atoms. The Morgan fingerprint density at radius 1 is 0.810 bits per heavy atom. The second kappa shape index (κ2) is 11.9. The van der Waals surface area contributed by atoms with Gasteiger partial charge in [0.05, 0.1) is 21.8 Å². The normalized spacial score (nSPS) is 13.0. The van der Waals surface area contributed by atoms with E-state index in [9.17, 15) is 44.3 Å². The van der Waals surface area contributed by atoms with E-state index in [0.29, 0.717) is 17.7 Å². The number of nitrogens with one attached hydrogen (secondary N) is 1. The fourth-order valence-electron chi connectivity index (χ4n) is 4.18. The molecule has 0 aliphatic rings. The predicted octanol–water partition coefficient (Wildman–Crippen LogP) is 8.00. The number of carbonyl (C=O) groups is 1. The lowest BCUT2D eigenvalue weighted by molar-refractivity contribution is -0.137. The summed E-state index contributed by atoms with van der Waals surface area (Å²) in [5.74, 6) is -12.8. The van der Waals surface area contributed by atoms with Crippen LogP contribution in [0.2, 0.25) is 5.02 Å². The van der Waals surface area contributed by atoms with Crippen LogP contribution >= 0.6 is 11.6 Å². The van der Waals surface area contributed by atoms with Gasteiger partial charge < -0.3 is 10.1 Å². The summed E-state index contributed by atoms with van der Waals surface area (Å²) in [4.78, 5) is 17.2. The fraction of sp³-hybridized carbons (Fsp3) is 0.143. The number of nitrogens with zero attached hydrogens (tertiary/aromatic N) is 1. The van der Waals surface area contributed by atoms with Gasteiger partial charge in [-0.1, -0.05) is 41.9 Å². The number of ether oxygens (including phenoxy) is 1. The van der Waals surface area contributed by atoms with Crippen molar-refractivity contribution < 1.29 is 49.0 Å². The van der Waals surface area contributed by atoms with Gasteiger partial charge in [-0.25, -0.2) is 31.1 Å². The van der Waals surface area contributed by atoms with E-state index in [1.165, 1.54) is 24.3 Å². The molecule has 0 saturated heterocycles. The topological polar surface area (TPSA) is 51.2 Å². The molecule has 0 aliphatic heterocycles. The molecule has 0 unspecified atom stereocenters. The van der Waals surface area contributed by atoms with Gasteiger partial charge in [0.1, 0.15) is 18.0 Å². The van der Waals surface area contributed by atoms with Crippen LogP contribution in [0.25, 0.3) is 0 Å². The molecule has 3 aromatic carbocycles. The molecule has 4 nitrogen and oxygen atoms in total. The van der Waals surface area contributed by atoms with Gasteiger partial charge in [-0.15, -0.1) is 0 Å². The maximum atomic E-state index is 14.6. The van der Waals surface area contributed by atoms with Crippen LogP contribution < -0.4 is 5.32 Å². The van der Waals surface area contributed by atoms with Crippen LogP contribution in [0.15, 0.2) is 66.9 Å². The van der Waals surface area contributed by atoms with Crippen LogP contribution in [0.5, 0.6) is 0 Å². The number of alkyl carbamates (subject to hydrolysis) is 1. The zero-order valence-corrected chi connectivity index (χ0v) is 21.6. The molecule has 0 fully saturated rings. The molecule has 14 heteroatoms. The van der Waals surface area contributed by atoms with E-state index in [-0.39, 0.29) is 23.2 Å².